The van der Waals surface area contributed by atoms with Crippen molar-refractivity contribution < 1.29 is 0 Å². The third-order valence-electron chi connectivity index (χ3n) is 4.69. The summed E-state index contributed by atoms with van der Waals surface area (Å²) in [6, 6.07) is 24.3. The van der Waals surface area contributed by atoms with Gasteiger partial charge in [-0.15, -0.1) is 12.6 Å². The van der Waals surface area contributed by atoms with Crippen LogP contribution in [0, 0.1) is 23.7 Å². The van der Waals surface area contributed by atoms with Crippen LogP contribution in [0.2, 0.25) is 0 Å². The lowest BCUT2D eigenvalue weighted by Crippen LogP contribution is -1.85. The van der Waals surface area contributed by atoms with Gasteiger partial charge in [0.2, 0.25) is 0 Å². The molecule has 5 rings (SSSR count). The van der Waals surface area contributed by atoms with Crippen LogP contribution in [0.4, 0.5) is 0 Å². The van der Waals surface area contributed by atoms with Gasteiger partial charge in [-0.05, 0) is 70.8 Å². The van der Waals surface area contributed by atoms with E-state index in [-0.39, 0.29) is 0 Å². The molecule has 0 aliphatic carbocycles. The lowest BCUT2D eigenvalue weighted by molar-refractivity contribution is 1.46. The third kappa shape index (κ3) is 5.82. The summed E-state index contributed by atoms with van der Waals surface area (Å²) in [5.41, 5.74) is 5.16. The molecule has 0 bridgehead atoms. The monoisotopic (exact) mass is 512 g/mol. The molecule has 5 heteroatoms. The zero-order chi connectivity index (χ0) is 22.5. The quantitative estimate of drug-likeness (QED) is 0.256. The van der Waals surface area contributed by atoms with Gasteiger partial charge in [0.05, 0.1) is 8.47 Å². The molecule has 33 heavy (non-hydrogen) atoms. The van der Waals surface area contributed by atoms with E-state index in [0.717, 1.165) is 27.1 Å². The lowest BCUT2D eigenvalue weighted by atomic mass is 10.1. The second kappa shape index (κ2) is 10.8. The second-order valence-corrected chi connectivity index (χ2v) is 11.8. The predicted octanol–water partition coefficient (Wildman–Crippen LogP) is 8.63. The Kier molecular flexibility index (Phi) is 7.37. The topological polar surface area (TPSA) is 0 Å². The first-order valence-electron chi connectivity index (χ1n) is 10.0. The normalized spacial score (nSPS) is 14.4. The molecule has 3 aromatic carbocycles. The van der Waals surface area contributed by atoms with Crippen LogP contribution in [0.25, 0.3) is 4.91 Å². The zero-order valence-corrected chi connectivity index (χ0v) is 21.4. The Bertz CT molecular complexity index is 1390. The molecular weight excluding hydrogens is 497 g/mol. The summed E-state index contributed by atoms with van der Waals surface area (Å²) in [5.74, 6) is 13.1. The van der Waals surface area contributed by atoms with Gasteiger partial charge in [-0.3, -0.25) is 0 Å². The maximum absolute atomic E-state index is 4.31. The first kappa shape index (κ1) is 22.5. The average molecular weight is 513 g/mol. The smallest absolute Gasteiger partial charge is 0.0700 e. The van der Waals surface area contributed by atoms with Gasteiger partial charge >= 0.3 is 0 Å². The summed E-state index contributed by atoms with van der Waals surface area (Å²) in [5, 5.41) is 6.52. The number of hydrogen-bond acceptors (Lipinski definition) is 5. The van der Waals surface area contributed by atoms with Gasteiger partial charge in [0.1, 0.15) is 0 Å². The molecule has 0 unspecified atom stereocenters. The third-order valence-corrected chi connectivity index (χ3v) is 10.0. The molecule has 3 aromatic rings. The fraction of sp³-hybridized carbons (Fsp3) is 0. The van der Waals surface area contributed by atoms with E-state index in [0.29, 0.717) is 0 Å². The van der Waals surface area contributed by atoms with Gasteiger partial charge in [0, 0.05) is 37.6 Å². The highest BCUT2D eigenvalue weighted by Crippen LogP contribution is 2.55. The van der Waals surface area contributed by atoms with Crippen molar-refractivity contribution in [2.75, 3.05) is 0 Å². The molecule has 0 radical (unpaired) electrons. The minimum Gasteiger partial charge on any atom is -0.143 e. The molecule has 0 N–H and O–H groups in total. The van der Waals surface area contributed by atoms with Gasteiger partial charge in [0.15, 0.2) is 0 Å². The van der Waals surface area contributed by atoms with Gasteiger partial charge in [-0.25, -0.2) is 0 Å². The van der Waals surface area contributed by atoms with Crippen molar-refractivity contribution in [3.63, 3.8) is 0 Å². The Labute approximate surface area is 217 Å². The van der Waals surface area contributed by atoms with Crippen LogP contribution in [0.1, 0.15) is 27.8 Å². The van der Waals surface area contributed by atoms with Crippen molar-refractivity contribution in [2.45, 2.75) is 4.90 Å². The predicted molar refractivity (Wildman–Crippen MR) is 153 cm³/mol. The molecule has 0 atom stereocenters. The molecule has 2 aliphatic heterocycles. The SMILES string of the molecule is Sc1ccc(C#Cc2ccc(C#Cc3ccccc3C3=CSC(=C4SC=CS4)S3)cc2)cc1. The van der Waals surface area contributed by atoms with Crippen molar-refractivity contribution in [1.29, 1.82) is 0 Å². The first-order chi connectivity index (χ1) is 16.2. The van der Waals surface area contributed by atoms with E-state index < -0.39 is 0 Å². The molecule has 2 heterocycles. The Balaban J connectivity index is 1.32. The molecule has 0 nitrogen and oxygen atoms in total. The molecule has 0 amide bonds. The summed E-state index contributed by atoms with van der Waals surface area (Å²) in [6.07, 6.45) is 0. The van der Waals surface area contributed by atoms with Crippen molar-refractivity contribution in [2.24, 2.45) is 0 Å². The van der Waals surface area contributed by atoms with E-state index in [4.69, 9.17) is 0 Å². The number of rotatable bonds is 1. The Morgan fingerprint density at radius 1 is 0.576 bits per heavy atom. The van der Waals surface area contributed by atoms with E-state index in [2.05, 4.69) is 70.7 Å². The Morgan fingerprint density at radius 2 is 1.15 bits per heavy atom. The van der Waals surface area contributed by atoms with Gasteiger partial charge in [-0.2, -0.15) is 0 Å². The van der Waals surface area contributed by atoms with Crippen molar-refractivity contribution in [3.8, 4) is 23.7 Å². The van der Waals surface area contributed by atoms with Crippen LogP contribution in [-0.2, 0) is 0 Å². The van der Waals surface area contributed by atoms with E-state index in [1.165, 1.54) is 18.9 Å². The zero-order valence-electron chi connectivity index (χ0n) is 17.2. The van der Waals surface area contributed by atoms with Crippen LogP contribution in [0.3, 0.4) is 0 Å². The summed E-state index contributed by atoms with van der Waals surface area (Å²) >= 11 is 11.5. The van der Waals surface area contributed by atoms with Crippen LogP contribution in [-0.4, -0.2) is 0 Å². The highest BCUT2D eigenvalue weighted by Gasteiger charge is 2.20. The van der Waals surface area contributed by atoms with Crippen LogP contribution >= 0.6 is 59.7 Å². The summed E-state index contributed by atoms with van der Waals surface area (Å²) < 4.78 is 2.72. The van der Waals surface area contributed by atoms with E-state index in [9.17, 15) is 0 Å². The molecule has 2 aliphatic rings. The fourth-order valence-electron chi connectivity index (χ4n) is 3.04. The molecule has 0 fully saturated rings. The number of hydrogen-bond donors (Lipinski definition) is 1. The lowest BCUT2D eigenvalue weighted by Gasteiger charge is -2.05. The molecule has 0 spiro atoms. The van der Waals surface area contributed by atoms with Crippen LogP contribution in [0.5, 0.6) is 0 Å². The number of thioether (sulfide) groups is 4. The Morgan fingerprint density at radius 3 is 1.82 bits per heavy atom. The highest BCUT2D eigenvalue weighted by atomic mass is 32.2. The van der Waals surface area contributed by atoms with Crippen molar-refractivity contribution in [3.05, 3.63) is 125 Å². The van der Waals surface area contributed by atoms with Gasteiger partial charge in [0.25, 0.3) is 0 Å². The summed E-state index contributed by atoms with van der Waals surface area (Å²) in [4.78, 5) is 2.20. The summed E-state index contributed by atoms with van der Waals surface area (Å²) in [7, 11) is 0. The van der Waals surface area contributed by atoms with E-state index in [1.54, 1.807) is 35.3 Å². The van der Waals surface area contributed by atoms with Gasteiger partial charge in [-0.1, -0.05) is 88.9 Å². The number of benzene rings is 3. The van der Waals surface area contributed by atoms with Crippen LogP contribution in [0.15, 0.2) is 102 Å². The van der Waals surface area contributed by atoms with Crippen molar-refractivity contribution in [1.82, 2.24) is 0 Å². The van der Waals surface area contributed by atoms with Gasteiger partial charge < -0.3 is 0 Å². The summed E-state index contributed by atoms with van der Waals surface area (Å²) in [6.45, 7) is 0. The van der Waals surface area contributed by atoms with E-state index >= 15 is 0 Å². The molecule has 0 saturated heterocycles. The largest absolute Gasteiger partial charge is 0.143 e. The first-order valence-corrected chi connectivity index (χ1v) is 13.9. The highest BCUT2D eigenvalue weighted by molar-refractivity contribution is 8.35. The number of thiol groups is 1. The minimum atomic E-state index is 0.938. The fourth-order valence-corrected chi connectivity index (χ4v) is 7.69. The molecule has 0 saturated carbocycles. The second-order valence-electron chi connectivity index (χ2n) is 6.95. The van der Waals surface area contributed by atoms with Crippen LogP contribution < -0.4 is 0 Å². The van der Waals surface area contributed by atoms with Crippen molar-refractivity contribution >= 4 is 64.6 Å². The molecule has 158 valence electrons. The average Bonchev–Trinajstić information content (AvgIpc) is 3.56. The molecule has 0 aromatic heterocycles. The standard InChI is InChI=1S/C28H16S5/c29-24-15-12-22(13-16-24)10-7-20-5-8-21(9-6-20)11-14-23-3-1-2-4-25(23)26-19-32-28(33-26)27-30-17-18-31-27/h1-6,8-9,12-13,15-19,29H. The Hall–Kier alpha value is -2.25. The minimum absolute atomic E-state index is 0.938. The maximum atomic E-state index is 4.31. The van der Waals surface area contributed by atoms with E-state index in [1.807, 2.05) is 66.4 Å². The molecular formula is C28H16S5. The maximum Gasteiger partial charge on any atom is 0.0700 e.